The third-order valence-corrected chi connectivity index (χ3v) is 5.18. The molecule has 1 fully saturated rings. The van der Waals surface area contributed by atoms with Crippen LogP contribution in [0.25, 0.3) is 0 Å². The highest BCUT2D eigenvalue weighted by molar-refractivity contribution is 5.21. The van der Waals surface area contributed by atoms with Crippen LogP contribution in [0.2, 0.25) is 0 Å². The largest absolute Gasteiger partial charge is 0.326 e. The predicted octanol–water partition coefficient (Wildman–Crippen LogP) is 3.77. The highest BCUT2D eigenvalue weighted by atomic mass is 15.2. The summed E-state index contributed by atoms with van der Waals surface area (Å²) in [6, 6.07) is 12.5. The maximum Gasteiger partial charge on any atom is 0.0252 e. The van der Waals surface area contributed by atoms with Crippen LogP contribution in [0.1, 0.15) is 57.4 Å². The van der Waals surface area contributed by atoms with Crippen molar-refractivity contribution >= 4 is 0 Å². The van der Waals surface area contributed by atoms with Gasteiger partial charge in [-0.1, -0.05) is 44.2 Å². The van der Waals surface area contributed by atoms with E-state index in [0.717, 1.165) is 6.42 Å². The van der Waals surface area contributed by atoms with Crippen molar-refractivity contribution in [1.29, 1.82) is 0 Å². The van der Waals surface area contributed by atoms with Gasteiger partial charge in [0, 0.05) is 18.1 Å². The van der Waals surface area contributed by atoms with Gasteiger partial charge in [0.1, 0.15) is 0 Å². The molecule has 1 aromatic rings. The zero-order chi connectivity index (χ0) is 14.5. The van der Waals surface area contributed by atoms with Crippen molar-refractivity contribution < 1.29 is 0 Å². The molecule has 0 saturated heterocycles. The van der Waals surface area contributed by atoms with Gasteiger partial charge in [0.05, 0.1) is 0 Å². The summed E-state index contributed by atoms with van der Waals surface area (Å²) < 4.78 is 0. The molecule has 2 N–H and O–H groups in total. The molecule has 1 aliphatic rings. The summed E-state index contributed by atoms with van der Waals surface area (Å²) in [7, 11) is 2.27. The predicted molar refractivity (Wildman–Crippen MR) is 86.9 cm³/mol. The number of nitrogens with two attached hydrogens (primary N) is 1. The molecule has 3 unspecified atom stereocenters. The Bertz CT molecular complexity index is 386. The van der Waals surface area contributed by atoms with E-state index in [2.05, 4.69) is 56.1 Å². The Morgan fingerprint density at radius 1 is 1.15 bits per heavy atom. The van der Waals surface area contributed by atoms with Crippen molar-refractivity contribution in [3.8, 4) is 0 Å². The van der Waals surface area contributed by atoms with E-state index >= 15 is 0 Å². The maximum atomic E-state index is 6.43. The highest BCUT2D eigenvalue weighted by Crippen LogP contribution is 2.35. The smallest absolute Gasteiger partial charge is 0.0252 e. The van der Waals surface area contributed by atoms with Crippen LogP contribution in [0.5, 0.6) is 0 Å². The van der Waals surface area contributed by atoms with E-state index in [-0.39, 0.29) is 0 Å². The van der Waals surface area contributed by atoms with Crippen molar-refractivity contribution in [3.05, 3.63) is 35.9 Å². The van der Waals surface area contributed by atoms with Gasteiger partial charge < -0.3 is 5.73 Å². The Morgan fingerprint density at radius 2 is 1.80 bits per heavy atom. The normalized spacial score (nSPS) is 27.2. The zero-order valence-corrected chi connectivity index (χ0v) is 13.3. The first-order valence-corrected chi connectivity index (χ1v) is 8.19. The van der Waals surface area contributed by atoms with Crippen molar-refractivity contribution in [2.45, 2.75) is 70.0 Å². The lowest BCUT2D eigenvalue weighted by atomic mass is 9.78. The minimum Gasteiger partial charge on any atom is -0.326 e. The summed E-state index contributed by atoms with van der Waals surface area (Å²) in [5, 5.41) is 0. The quantitative estimate of drug-likeness (QED) is 0.885. The summed E-state index contributed by atoms with van der Waals surface area (Å²) >= 11 is 0. The molecule has 3 atom stereocenters. The molecule has 0 amide bonds. The molecule has 0 aromatic heterocycles. The third kappa shape index (κ3) is 3.42. The topological polar surface area (TPSA) is 29.3 Å². The minimum absolute atomic E-state index is 0.334. The fourth-order valence-electron chi connectivity index (χ4n) is 3.80. The van der Waals surface area contributed by atoms with Gasteiger partial charge in [0.2, 0.25) is 0 Å². The van der Waals surface area contributed by atoms with Crippen LogP contribution in [0.4, 0.5) is 0 Å². The third-order valence-electron chi connectivity index (χ3n) is 5.18. The molecular formula is C18H30N2. The summed E-state index contributed by atoms with van der Waals surface area (Å²) in [6.45, 7) is 4.57. The van der Waals surface area contributed by atoms with Crippen molar-refractivity contribution in [3.63, 3.8) is 0 Å². The highest BCUT2D eigenvalue weighted by Gasteiger charge is 2.33. The van der Waals surface area contributed by atoms with Crippen LogP contribution in [0, 0.1) is 0 Å². The summed E-state index contributed by atoms with van der Waals surface area (Å²) in [5.74, 6) is 0.679. The molecule has 0 aliphatic heterocycles. The minimum atomic E-state index is 0.334. The van der Waals surface area contributed by atoms with Crippen LogP contribution < -0.4 is 5.73 Å². The van der Waals surface area contributed by atoms with E-state index in [1.165, 1.54) is 31.2 Å². The number of hydrogen-bond donors (Lipinski definition) is 1. The first kappa shape index (κ1) is 15.5. The van der Waals surface area contributed by atoms with E-state index in [1.807, 2.05) is 0 Å². The molecule has 1 aromatic carbocycles. The molecule has 2 nitrogen and oxygen atoms in total. The first-order chi connectivity index (χ1) is 9.67. The van der Waals surface area contributed by atoms with Gasteiger partial charge in [-0.05, 0) is 50.6 Å². The molecule has 0 bridgehead atoms. The van der Waals surface area contributed by atoms with Crippen LogP contribution in [0.15, 0.2) is 30.3 Å². The summed E-state index contributed by atoms with van der Waals surface area (Å²) in [5.41, 5.74) is 7.91. The van der Waals surface area contributed by atoms with Gasteiger partial charge >= 0.3 is 0 Å². The SMILES string of the molecule is CCC(CC)N(C)C1CC(c2ccccc2)CCC1N. The lowest BCUT2D eigenvalue weighted by Gasteiger charge is -2.43. The number of rotatable bonds is 5. The van der Waals surface area contributed by atoms with E-state index in [9.17, 15) is 0 Å². The van der Waals surface area contributed by atoms with Gasteiger partial charge in [-0.25, -0.2) is 0 Å². The molecule has 0 spiro atoms. The average molecular weight is 274 g/mol. The first-order valence-electron chi connectivity index (χ1n) is 8.19. The number of nitrogens with zero attached hydrogens (tertiary/aromatic N) is 1. The number of benzene rings is 1. The molecule has 20 heavy (non-hydrogen) atoms. The molecule has 2 heteroatoms. The van der Waals surface area contributed by atoms with Crippen LogP contribution >= 0.6 is 0 Å². The van der Waals surface area contributed by atoms with Crippen LogP contribution in [-0.4, -0.2) is 30.1 Å². The molecule has 2 rings (SSSR count). The van der Waals surface area contributed by atoms with Crippen molar-refractivity contribution in [2.24, 2.45) is 5.73 Å². The molecule has 0 heterocycles. The molecular weight excluding hydrogens is 244 g/mol. The second-order valence-electron chi connectivity index (χ2n) is 6.29. The Balaban J connectivity index is 2.08. The van der Waals surface area contributed by atoms with Crippen molar-refractivity contribution in [2.75, 3.05) is 7.05 Å². The second kappa shape index (κ2) is 7.24. The van der Waals surface area contributed by atoms with E-state index in [4.69, 9.17) is 5.73 Å². The summed E-state index contributed by atoms with van der Waals surface area (Å²) in [4.78, 5) is 2.56. The molecule has 1 saturated carbocycles. The fourth-order valence-corrected chi connectivity index (χ4v) is 3.80. The molecule has 112 valence electrons. The van der Waals surface area contributed by atoms with E-state index in [1.54, 1.807) is 0 Å². The monoisotopic (exact) mass is 274 g/mol. The van der Waals surface area contributed by atoms with Gasteiger partial charge in [-0.2, -0.15) is 0 Å². The van der Waals surface area contributed by atoms with Crippen LogP contribution in [0.3, 0.4) is 0 Å². The van der Waals surface area contributed by atoms with Gasteiger partial charge in [0.25, 0.3) is 0 Å². The Hall–Kier alpha value is -0.860. The molecule has 1 aliphatic carbocycles. The number of likely N-dealkylation sites (N-methyl/N-ethyl adjacent to an activating group) is 1. The Kier molecular flexibility index (Phi) is 5.62. The lowest BCUT2D eigenvalue weighted by molar-refractivity contribution is 0.107. The lowest BCUT2D eigenvalue weighted by Crippen LogP contribution is -2.52. The van der Waals surface area contributed by atoms with Gasteiger partial charge in [0.15, 0.2) is 0 Å². The van der Waals surface area contributed by atoms with Crippen molar-refractivity contribution in [1.82, 2.24) is 4.90 Å². The average Bonchev–Trinajstić information content (AvgIpc) is 2.49. The second-order valence-corrected chi connectivity index (χ2v) is 6.29. The Labute approximate surface area is 124 Å². The van der Waals surface area contributed by atoms with Gasteiger partial charge in [-0.3, -0.25) is 4.90 Å². The zero-order valence-electron chi connectivity index (χ0n) is 13.3. The maximum absolute atomic E-state index is 6.43. The van der Waals surface area contributed by atoms with Crippen LogP contribution in [-0.2, 0) is 0 Å². The standard InChI is InChI=1S/C18H30N2/c1-4-16(5-2)20(3)18-13-15(11-12-17(18)19)14-9-7-6-8-10-14/h6-10,15-18H,4-5,11-13,19H2,1-3H3. The van der Waals surface area contributed by atoms with E-state index < -0.39 is 0 Å². The molecule has 0 radical (unpaired) electrons. The fraction of sp³-hybridized carbons (Fsp3) is 0.667. The Morgan fingerprint density at radius 3 is 2.40 bits per heavy atom. The van der Waals surface area contributed by atoms with E-state index in [0.29, 0.717) is 24.0 Å². The summed E-state index contributed by atoms with van der Waals surface area (Å²) in [6.07, 6.45) is 6.02. The van der Waals surface area contributed by atoms with Gasteiger partial charge in [-0.15, -0.1) is 0 Å². The number of hydrogen-bond acceptors (Lipinski definition) is 2.